The maximum absolute atomic E-state index is 11.7. The molecule has 0 aromatic heterocycles. The van der Waals surface area contributed by atoms with E-state index in [0.29, 0.717) is 49.9 Å². The fourth-order valence-electron chi connectivity index (χ4n) is 4.40. The van der Waals surface area contributed by atoms with Gasteiger partial charge in [-0.1, -0.05) is 66.7 Å². The van der Waals surface area contributed by atoms with Crippen molar-refractivity contribution in [3.8, 4) is 22.6 Å². The Hall–Kier alpha value is -4.62. The van der Waals surface area contributed by atoms with E-state index in [4.69, 9.17) is 14.2 Å². The first-order chi connectivity index (χ1) is 19.9. The molecule has 0 spiro atoms. The summed E-state index contributed by atoms with van der Waals surface area (Å²) in [6.07, 6.45) is 0. The first-order valence-electron chi connectivity index (χ1n) is 13.6. The van der Waals surface area contributed by atoms with Crippen molar-refractivity contribution in [1.82, 2.24) is 10.6 Å². The highest BCUT2D eigenvalue weighted by Gasteiger charge is 2.11. The van der Waals surface area contributed by atoms with Gasteiger partial charge in [0.15, 0.2) is 0 Å². The molecule has 0 aliphatic heterocycles. The van der Waals surface area contributed by atoms with Crippen molar-refractivity contribution in [1.29, 1.82) is 0 Å². The SMILES string of the molecule is COC(=O)c1ccc(COc2cc(OCc3cccc(-c4ccccc4)c3C)ccc2CNCCNC(C)=O)cc1. The van der Waals surface area contributed by atoms with Crippen molar-refractivity contribution in [2.75, 3.05) is 20.2 Å². The fourth-order valence-corrected chi connectivity index (χ4v) is 4.40. The molecule has 1 amide bonds. The van der Waals surface area contributed by atoms with Crippen LogP contribution >= 0.6 is 0 Å². The van der Waals surface area contributed by atoms with Crippen LogP contribution in [0.3, 0.4) is 0 Å². The Morgan fingerprint density at radius 2 is 1.56 bits per heavy atom. The van der Waals surface area contributed by atoms with E-state index in [2.05, 4.69) is 47.9 Å². The Morgan fingerprint density at radius 1 is 0.780 bits per heavy atom. The van der Waals surface area contributed by atoms with Crippen LogP contribution in [0, 0.1) is 6.92 Å². The average molecular weight is 553 g/mol. The molecule has 0 fully saturated rings. The number of amides is 1. The Kier molecular flexibility index (Phi) is 10.5. The van der Waals surface area contributed by atoms with Crippen molar-refractivity contribution in [2.24, 2.45) is 0 Å². The number of ether oxygens (including phenoxy) is 3. The second-order valence-corrected chi connectivity index (χ2v) is 9.65. The van der Waals surface area contributed by atoms with Crippen LogP contribution in [0.15, 0.2) is 91.0 Å². The molecule has 4 rings (SSSR count). The van der Waals surface area contributed by atoms with E-state index in [1.165, 1.54) is 30.7 Å². The maximum Gasteiger partial charge on any atom is 0.337 e. The Labute approximate surface area is 241 Å². The number of carbonyl (C=O) groups is 2. The number of carbonyl (C=O) groups excluding carboxylic acids is 2. The number of rotatable bonds is 13. The van der Waals surface area contributed by atoms with Crippen LogP contribution in [0.25, 0.3) is 11.1 Å². The van der Waals surface area contributed by atoms with Gasteiger partial charge >= 0.3 is 5.97 Å². The molecule has 4 aromatic carbocycles. The average Bonchev–Trinajstić information content (AvgIpc) is 3.00. The van der Waals surface area contributed by atoms with Crippen LogP contribution < -0.4 is 20.1 Å². The molecule has 0 aliphatic rings. The third-order valence-electron chi connectivity index (χ3n) is 6.72. The summed E-state index contributed by atoms with van der Waals surface area (Å²) in [5, 5.41) is 6.13. The summed E-state index contributed by atoms with van der Waals surface area (Å²) >= 11 is 0. The van der Waals surface area contributed by atoms with Crippen molar-refractivity contribution < 1.29 is 23.8 Å². The molecule has 41 heavy (non-hydrogen) atoms. The van der Waals surface area contributed by atoms with E-state index in [0.717, 1.165) is 16.7 Å². The van der Waals surface area contributed by atoms with E-state index in [1.807, 2.05) is 48.5 Å². The second-order valence-electron chi connectivity index (χ2n) is 9.65. The van der Waals surface area contributed by atoms with Crippen LogP contribution in [0.2, 0.25) is 0 Å². The number of hydrogen-bond acceptors (Lipinski definition) is 6. The van der Waals surface area contributed by atoms with Gasteiger partial charge in [0, 0.05) is 38.2 Å². The van der Waals surface area contributed by atoms with E-state index in [-0.39, 0.29) is 11.9 Å². The molecule has 0 aliphatic carbocycles. The van der Waals surface area contributed by atoms with Crippen LogP contribution in [0.1, 0.15) is 39.5 Å². The van der Waals surface area contributed by atoms with Gasteiger partial charge in [0.25, 0.3) is 0 Å². The topological polar surface area (TPSA) is 85.9 Å². The predicted octanol–water partition coefficient (Wildman–Crippen LogP) is 5.83. The molecule has 212 valence electrons. The van der Waals surface area contributed by atoms with E-state index in [1.54, 1.807) is 12.1 Å². The molecule has 2 N–H and O–H groups in total. The number of nitrogens with one attached hydrogen (secondary N) is 2. The summed E-state index contributed by atoms with van der Waals surface area (Å²) in [4.78, 5) is 22.9. The summed E-state index contributed by atoms with van der Waals surface area (Å²) in [7, 11) is 1.36. The Balaban J connectivity index is 1.47. The minimum absolute atomic E-state index is 0.0555. The fraction of sp³-hybridized carbons (Fsp3) is 0.235. The lowest BCUT2D eigenvalue weighted by Gasteiger charge is -2.16. The minimum Gasteiger partial charge on any atom is -0.489 e. The molecule has 0 bridgehead atoms. The summed E-state index contributed by atoms with van der Waals surface area (Å²) in [5.41, 5.74) is 7.04. The number of hydrogen-bond donors (Lipinski definition) is 2. The highest BCUT2D eigenvalue weighted by atomic mass is 16.5. The molecule has 0 atom stereocenters. The van der Waals surface area contributed by atoms with Gasteiger partial charge in [0.2, 0.25) is 5.91 Å². The summed E-state index contributed by atoms with van der Waals surface area (Å²) in [6.45, 7) is 6.11. The molecule has 7 nitrogen and oxygen atoms in total. The zero-order valence-corrected chi connectivity index (χ0v) is 23.7. The lowest BCUT2D eigenvalue weighted by atomic mass is 9.97. The number of esters is 1. The molecule has 0 heterocycles. The monoisotopic (exact) mass is 552 g/mol. The van der Waals surface area contributed by atoms with Gasteiger partial charge in [-0.2, -0.15) is 0 Å². The van der Waals surface area contributed by atoms with Gasteiger partial charge in [-0.25, -0.2) is 4.79 Å². The first-order valence-corrected chi connectivity index (χ1v) is 13.6. The molecular formula is C34H36N2O5. The normalized spacial score (nSPS) is 10.6. The highest BCUT2D eigenvalue weighted by Crippen LogP contribution is 2.29. The number of benzene rings is 4. The van der Waals surface area contributed by atoms with E-state index < -0.39 is 0 Å². The van der Waals surface area contributed by atoms with Gasteiger partial charge in [-0.3, -0.25) is 4.79 Å². The summed E-state index contributed by atoms with van der Waals surface area (Å²) < 4.78 is 17.2. The molecule has 0 saturated heterocycles. The molecule has 0 saturated carbocycles. The third kappa shape index (κ3) is 8.43. The van der Waals surface area contributed by atoms with Crippen LogP contribution in [-0.4, -0.2) is 32.1 Å². The molecule has 0 radical (unpaired) electrons. The number of methoxy groups -OCH3 is 1. The van der Waals surface area contributed by atoms with E-state index in [9.17, 15) is 9.59 Å². The lowest BCUT2D eigenvalue weighted by Crippen LogP contribution is -2.30. The second kappa shape index (κ2) is 14.7. The molecule has 4 aromatic rings. The maximum atomic E-state index is 11.7. The summed E-state index contributed by atoms with van der Waals surface area (Å²) in [5.74, 6) is 0.966. The minimum atomic E-state index is -0.375. The zero-order valence-electron chi connectivity index (χ0n) is 23.7. The quantitative estimate of drug-likeness (QED) is 0.160. The standard InChI is InChI=1S/C34H36N2O5/c1-24-30(10-7-11-32(24)27-8-5-4-6-9-27)23-40-31-17-16-29(21-35-18-19-36-25(2)37)33(20-31)41-22-26-12-14-28(15-13-26)34(38)39-3/h4-17,20,35H,18-19,21-23H2,1-3H3,(H,36,37). The lowest BCUT2D eigenvalue weighted by molar-refractivity contribution is -0.118. The zero-order chi connectivity index (χ0) is 29.0. The van der Waals surface area contributed by atoms with Gasteiger partial charge in [0.05, 0.1) is 12.7 Å². The van der Waals surface area contributed by atoms with Gasteiger partial charge in [-0.05, 0) is 52.9 Å². The van der Waals surface area contributed by atoms with E-state index >= 15 is 0 Å². The first kappa shape index (κ1) is 29.4. The van der Waals surface area contributed by atoms with Crippen molar-refractivity contribution in [3.05, 3.63) is 119 Å². The van der Waals surface area contributed by atoms with Crippen LogP contribution in [0.4, 0.5) is 0 Å². The Morgan fingerprint density at radius 3 is 2.29 bits per heavy atom. The summed E-state index contributed by atoms with van der Waals surface area (Å²) in [6, 6.07) is 29.6. The molecule has 0 unspecified atom stereocenters. The third-order valence-corrected chi connectivity index (χ3v) is 6.72. The highest BCUT2D eigenvalue weighted by molar-refractivity contribution is 5.89. The van der Waals surface area contributed by atoms with Gasteiger partial charge in [-0.15, -0.1) is 0 Å². The van der Waals surface area contributed by atoms with Gasteiger partial charge < -0.3 is 24.8 Å². The Bertz CT molecular complexity index is 1450. The smallest absolute Gasteiger partial charge is 0.337 e. The van der Waals surface area contributed by atoms with Crippen molar-refractivity contribution in [3.63, 3.8) is 0 Å². The molecular weight excluding hydrogens is 516 g/mol. The van der Waals surface area contributed by atoms with Crippen molar-refractivity contribution in [2.45, 2.75) is 33.6 Å². The van der Waals surface area contributed by atoms with Gasteiger partial charge in [0.1, 0.15) is 24.7 Å². The van der Waals surface area contributed by atoms with Crippen molar-refractivity contribution >= 4 is 11.9 Å². The molecule has 7 heteroatoms. The van der Waals surface area contributed by atoms with Crippen LogP contribution in [0.5, 0.6) is 11.5 Å². The van der Waals surface area contributed by atoms with Crippen LogP contribution in [-0.2, 0) is 29.3 Å². The predicted molar refractivity (Wildman–Crippen MR) is 160 cm³/mol. The largest absolute Gasteiger partial charge is 0.489 e.